The van der Waals surface area contributed by atoms with E-state index in [1.54, 1.807) is 0 Å². The summed E-state index contributed by atoms with van der Waals surface area (Å²) in [6.07, 6.45) is 2.86. The van der Waals surface area contributed by atoms with Gasteiger partial charge in [-0.2, -0.15) is 0 Å². The lowest BCUT2D eigenvalue weighted by Crippen LogP contribution is -2.21. The smallest absolute Gasteiger partial charge is 0.338 e. The lowest BCUT2D eigenvalue weighted by Gasteiger charge is -2.07. The van der Waals surface area contributed by atoms with Gasteiger partial charge >= 0.3 is 5.97 Å². The Labute approximate surface area is 124 Å². The van der Waals surface area contributed by atoms with Crippen molar-refractivity contribution in [2.45, 2.75) is 0 Å². The second-order valence-corrected chi connectivity index (χ2v) is 4.42. The molecule has 2 rings (SSSR count). The summed E-state index contributed by atoms with van der Waals surface area (Å²) in [7, 11) is 0. The average molecular weight is 309 g/mol. The summed E-state index contributed by atoms with van der Waals surface area (Å²) in [6.45, 7) is -0.535. The second-order valence-electron chi connectivity index (χ2n) is 3.98. The molecule has 0 fully saturated rings. The highest BCUT2D eigenvalue weighted by Gasteiger charge is 2.12. The number of nitrogens with one attached hydrogen (secondary N) is 1. The molecule has 21 heavy (non-hydrogen) atoms. The predicted molar refractivity (Wildman–Crippen MR) is 74.6 cm³/mol. The monoisotopic (exact) mass is 308 g/mol. The van der Waals surface area contributed by atoms with Crippen LogP contribution in [0.25, 0.3) is 0 Å². The van der Waals surface area contributed by atoms with Gasteiger partial charge in [-0.3, -0.25) is 9.78 Å². The molecule has 1 heterocycles. The largest absolute Gasteiger partial charge is 0.452 e. The second kappa shape index (κ2) is 6.81. The number of benzene rings is 1. The van der Waals surface area contributed by atoms with Crippen molar-refractivity contribution in [3.8, 4) is 0 Å². The van der Waals surface area contributed by atoms with Crippen molar-refractivity contribution in [1.82, 2.24) is 4.98 Å². The number of hydrogen-bond donors (Lipinski definition) is 1. The van der Waals surface area contributed by atoms with Gasteiger partial charge < -0.3 is 10.1 Å². The molecule has 0 saturated carbocycles. The van der Waals surface area contributed by atoms with Crippen LogP contribution in [0, 0.1) is 5.82 Å². The van der Waals surface area contributed by atoms with E-state index in [4.69, 9.17) is 16.3 Å². The number of hydrogen-bond acceptors (Lipinski definition) is 4. The van der Waals surface area contributed by atoms with Crippen molar-refractivity contribution in [3.63, 3.8) is 0 Å². The summed E-state index contributed by atoms with van der Waals surface area (Å²) >= 11 is 5.70. The highest BCUT2D eigenvalue weighted by atomic mass is 35.5. The number of rotatable bonds is 4. The lowest BCUT2D eigenvalue weighted by molar-refractivity contribution is -0.119. The Morgan fingerprint density at radius 2 is 1.95 bits per heavy atom. The summed E-state index contributed by atoms with van der Waals surface area (Å²) < 4.78 is 18.2. The van der Waals surface area contributed by atoms with E-state index in [9.17, 15) is 14.0 Å². The van der Waals surface area contributed by atoms with Crippen LogP contribution in [0.15, 0.2) is 42.7 Å². The molecule has 5 nitrogen and oxygen atoms in total. The summed E-state index contributed by atoms with van der Waals surface area (Å²) in [5.74, 6) is -1.97. The van der Waals surface area contributed by atoms with E-state index in [0.717, 1.165) is 6.07 Å². The lowest BCUT2D eigenvalue weighted by atomic mass is 10.3. The topological polar surface area (TPSA) is 68.3 Å². The minimum absolute atomic E-state index is 0.0764. The number of anilines is 1. The molecule has 7 heteroatoms. The van der Waals surface area contributed by atoms with Crippen LogP contribution < -0.4 is 5.32 Å². The quantitative estimate of drug-likeness (QED) is 0.882. The fourth-order valence-corrected chi connectivity index (χ4v) is 1.65. The first-order valence-corrected chi connectivity index (χ1v) is 6.26. The molecule has 0 spiro atoms. The molecule has 2 aromatic rings. The molecule has 0 aliphatic heterocycles. The van der Waals surface area contributed by atoms with E-state index >= 15 is 0 Å². The molecule has 1 aromatic carbocycles. The van der Waals surface area contributed by atoms with E-state index in [-0.39, 0.29) is 16.3 Å². The van der Waals surface area contributed by atoms with Crippen LogP contribution in [0.3, 0.4) is 0 Å². The van der Waals surface area contributed by atoms with Gasteiger partial charge in [-0.25, -0.2) is 9.18 Å². The Morgan fingerprint density at radius 3 is 2.67 bits per heavy atom. The highest BCUT2D eigenvalue weighted by molar-refractivity contribution is 6.30. The van der Waals surface area contributed by atoms with Crippen molar-refractivity contribution in [2.75, 3.05) is 11.9 Å². The third-order valence-electron chi connectivity index (χ3n) is 2.45. The normalized spacial score (nSPS) is 10.0. The Hall–Kier alpha value is -2.47. The van der Waals surface area contributed by atoms with Crippen LogP contribution in [0.2, 0.25) is 5.02 Å². The van der Waals surface area contributed by atoms with E-state index in [1.165, 1.54) is 36.7 Å². The minimum Gasteiger partial charge on any atom is -0.452 e. The molecular weight excluding hydrogens is 299 g/mol. The molecule has 1 N–H and O–H groups in total. The number of carbonyl (C=O) groups excluding carboxylic acids is 2. The van der Waals surface area contributed by atoms with Crippen molar-refractivity contribution in [1.29, 1.82) is 0 Å². The van der Waals surface area contributed by atoms with Crippen LogP contribution >= 0.6 is 11.6 Å². The Morgan fingerprint density at radius 1 is 1.24 bits per heavy atom. The minimum atomic E-state index is -0.668. The first-order valence-electron chi connectivity index (χ1n) is 5.88. The molecule has 0 radical (unpaired) electrons. The van der Waals surface area contributed by atoms with Gasteiger partial charge in [0.15, 0.2) is 6.61 Å². The van der Waals surface area contributed by atoms with Crippen molar-refractivity contribution in [3.05, 3.63) is 59.1 Å². The number of esters is 1. The molecule has 1 aromatic heterocycles. The summed E-state index contributed by atoms with van der Waals surface area (Å²) in [4.78, 5) is 27.0. The molecule has 0 unspecified atom stereocenters. The molecular formula is C14H10ClFN2O3. The van der Waals surface area contributed by atoms with Crippen molar-refractivity contribution < 1.29 is 18.7 Å². The first kappa shape index (κ1) is 14.9. The Kier molecular flexibility index (Phi) is 4.84. The molecule has 0 saturated heterocycles. The zero-order valence-corrected chi connectivity index (χ0v) is 11.4. The van der Waals surface area contributed by atoms with Crippen LogP contribution in [0.5, 0.6) is 0 Å². The van der Waals surface area contributed by atoms with Crippen molar-refractivity contribution in [2.24, 2.45) is 0 Å². The number of pyridine rings is 1. The molecule has 108 valence electrons. The fraction of sp³-hybridized carbons (Fsp3) is 0.0714. The number of carbonyl (C=O) groups is 2. The number of amides is 1. The Balaban J connectivity index is 1.91. The molecule has 0 bridgehead atoms. The Bertz CT molecular complexity index is 665. The van der Waals surface area contributed by atoms with Crippen LogP contribution in [0.4, 0.5) is 10.1 Å². The van der Waals surface area contributed by atoms with E-state index in [1.807, 2.05) is 0 Å². The number of halogens is 2. The number of ether oxygens (including phenoxy) is 1. The van der Waals surface area contributed by atoms with Crippen LogP contribution in [-0.2, 0) is 9.53 Å². The van der Waals surface area contributed by atoms with Gasteiger partial charge in [-0.1, -0.05) is 11.6 Å². The van der Waals surface area contributed by atoms with Crippen molar-refractivity contribution >= 4 is 29.2 Å². The zero-order valence-electron chi connectivity index (χ0n) is 10.7. The molecule has 1 amide bonds. The standard InChI is InChI=1S/C14H10ClFN2O3/c15-10-1-2-11(16)12(7-10)18-13(19)8-21-14(20)9-3-5-17-6-4-9/h1-7H,8H2,(H,18,19). The number of aromatic nitrogens is 1. The summed E-state index contributed by atoms with van der Waals surface area (Å²) in [5, 5.41) is 2.55. The van der Waals surface area contributed by atoms with E-state index < -0.39 is 24.3 Å². The maximum Gasteiger partial charge on any atom is 0.338 e. The third kappa shape index (κ3) is 4.25. The molecule has 0 aliphatic carbocycles. The van der Waals surface area contributed by atoms with Gasteiger partial charge in [0.2, 0.25) is 0 Å². The van der Waals surface area contributed by atoms with E-state index in [0.29, 0.717) is 0 Å². The van der Waals surface area contributed by atoms with Gasteiger partial charge in [0.25, 0.3) is 5.91 Å². The predicted octanol–water partition coefficient (Wildman–Crippen LogP) is 2.67. The molecule has 0 aliphatic rings. The molecule has 0 atom stereocenters. The van der Waals surface area contributed by atoms with Gasteiger partial charge in [-0.05, 0) is 30.3 Å². The van der Waals surface area contributed by atoms with E-state index in [2.05, 4.69) is 10.3 Å². The average Bonchev–Trinajstić information content (AvgIpc) is 2.49. The van der Waals surface area contributed by atoms with Gasteiger partial charge in [0.1, 0.15) is 5.82 Å². The van der Waals surface area contributed by atoms with Crippen LogP contribution in [-0.4, -0.2) is 23.5 Å². The first-order chi connectivity index (χ1) is 10.1. The maximum absolute atomic E-state index is 13.4. The van der Waals surface area contributed by atoms with Gasteiger partial charge in [0, 0.05) is 17.4 Å². The summed E-state index contributed by atoms with van der Waals surface area (Å²) in [6, 6.07) is 6.66. The summed E-state index contributed by atoms with van der Waals surface area (Å²) in [5.41, 5.74) is 0.194. The third-order valence-corrected chi connectivity index (χ3v) is 2.69. The SMILES string of the molecule is O=C(COC(=O)c1ccncc1)Nc1cc(Cl)ccc1F. The zero-order chi connectivity index (χ0) is 15.2. The fourth-order valence-electron chi connectivity index (χ4n) is 1.48. The maximum atomic E-state index is 13.4. The van der Waals surface area contributed by atoms with Gasteiger partial charge in [0.05, 0.1) is 11.3 Å². The number of nitrogens with zero attached hydrogens (tertiary/aromatic N) is 1. The van der Waals surface area contributed by atoms with Crippen LogP contribution in [0.1, 0.15) is 10.4 Å². The van der Waals surface area contributed by atoms with Gasteiger partial charge in [-0.15, -0.1) is 0 Å². The highest BCUT2D eigenvalue weighted by Crippen LogP contribution is 2.19.